The highest BCUT2D eigenvalue weighted by Crippen LogP contribution is 2.33. The molecule has 0 heterocycles. The highest BCUT2D eigenvalue weighted by molar-refractivity contribution is 9.10. The van der Waals surface area contributed by atoms with E-state index in [1.54, 1.807) is 11.4 Å². The van der Waals surface area contributed by atoms with Gasteiger partial charge in [0.25, 0.3) is 0 Å². The Morgan fingerprint density at radius 2 is 1.80 bits per heavy atom. The highest BCUT2D eigenvalue weighted by Gasteiger charge is 2.43. The van der Waals surface area contributed by atoms with Crippen molar-refractivity contribution in [2.24, 2.45) is 0 Å². The van der Waals surface area contributed by atoms with Crippen molar-refractivity contribution in [3.05, 3.63) is 34.3 Å². The molecule has 0 saturated heterocycles. The molecule has 0 aliphatic heterocycles. The molecule has 0 unspecified atom stereocenters. The highest BCUT2D eigenvalue weighted by atomic mass is 79.9. The number of alkyl halides is 5. The molecular weight excluding hydrogens is 413 g/mol. The first-order chi connectivity index (χ1) is 11.4. The van der Waals surface area contributed by atoms with Crippen LogP contribution in [0.5, 0.6) is 0 Å². The van der Waals surface area contributed by atoms with E-state index in [4.69, 9.17) is 5.26 Å². The lowest BCUT2D eigenvalue weighted by Gasteiger charge is -2.26. The number of nitrogens with zero attached hydrogens (tertiary/aromatic N) is 1. The second-order valence-corrected chi connectivity index (χ2v) is 6.32. The molecule has 0 fully saturated rings. The van der Waals surface area contributed by atoms with Crippen LogP contribution in [0.3, 0.4) is 0 Å². The molecule has 0 saturated carbocycles. The monoisotopic (exact) mass is 427 g/mol. The summed E-state index contributed by atoms with van der Waals surface area (Å²) in [4.78, 5) is 12.1. The summed E-state index contributed by atoms with van der Waals surface area (Å²) in [6, 6.07) is 2.66. The number of nitrogens with one attached hydrogen (secondary N) is 2. The van der Waals surface area contributed by atoms with Crippen molar-refractivity contribution in [1.82, 2.24) is 10.6 Å². The van der Waals surface area contributed by atoms with Crippen LogP contribution in [0.25, 0.3) is 0 Å². The van der Waals surface area contributed by atoms with Gasteiger partial charge in [-0.15, -0.1) is 0 Å². The first-order valence-corrected chi connectivity index (χ1v) is 7.84. The van der Waals surface area contributed by atoms with Crippen molar-refractivity contribution in [1.29, 1.82) is 5.26 Å². The predicted octanol–water partition coefficient (Wildman–Crippen LogP) is 3.70. The third-order valence-corrected chi connectivity index (χ3v) is 3.65. The second-order valence-electron chi connectivity index (χ2n) is 5.40. The Balaban J connectivity index is 3.02. The lowest BCUT2D eigenvalue weighted by molar-refractivity contribution is -0.164. The molecule has 0 aliphatic carbocycles. The lowest BCUT2D eigenvalue weighted by atomic mass is 10.0. The van der Waals surface area contributed by atoms with Crippen LogP contribution in [0.1, 0.15) is 24.9 Å². The zero-order valence-electron chi connectivity index (χ0n) is 13.0. The maximum atomic E-state index is 13.3. The molecule has 10 heteroatoms. The molecule has 25 heavy (non-hydrogen) atoms. The summed E-state index contributed by atoms with van der Waals surface area (Å²) in [6.07, 6.45) is -5.86. The first-order valence-electron chi connectivity index (χ1n) is 7.05. The van der Waals surface area contributed by atoms with Crippen LogP contribution in [0.4, 0.5) is 22.0 Å². The van der Waals surface area contributed by atoms with Crippen molar-refractivity contribution in [2.75, 3.05) is 6.54 Å². The van der Waals surface area contributed by atoms with E-state index in [9.17, 15) is 26.7 Å². The molecule has 0 radical (unpaired) electrons. The molecule has 1 aromatic rings. The Bertz CT molecular complexity index is 622. The number of carbonyl (C=O) groups is 1. The van der Waals surface area contributed by atoms with Gasteiger partial charge in [-0.05, 0) is 24.6 Å². The normalized spacial score (nSPS) is 14.5. The number of amides is 1. The summed E-state index contributed by atoms with van der Waals surface area (Å²) in [5, 5.41) is 12.4. The first kappa shape index (κ1) is 21.3. The Morgan fingerprint density at radius 1 is 1.24 bits per heavy atom. The van der Waals surface area contributed by atoms with Crippen molar-refractivity contribution in [2.45, 2.75) is 37.5 Å². The minimum atomic E-state index is -4.82. The topological polar surface area (TPSA) is 64.9 Å². The number of rotatable bonds is 7. The fourth-order valence-electron chi connectivity index (χ4n) is 2.04. The molecule has 0 bridgehead atoms. The molecule has 2 atom stereocenters. The Hall–Kier alpha value is -1.73. The maximum absolute atomic E-state index is 13.3. The standard InChI is InChI=1S/C15H15BrF5N3O/c1-14(17,18)8-11(23-7-6-22)13(25)24-12(15(19,20)21)9-2-4-10(16)5-3-9/h2-5,11-12,23H,7-8H2,1H3,(H,24,25)/t11-,12-/m0/s1. The number of carbonyl (C=O) groups excluding carboxylic acids is 1. The van der Waals surface area contributed by atoms with E-state index >= 15 is 0 Å². The van der Waals surface area contributed by atoms with Crippen LogP contribution in [0.2, 0.25) is 0 Å². The fourth-order valence-corrected chi connectivity index (χ4v) is 2.30. The van der Waals surface area contributed by atoms with E-state index in [1.165, 1.54) is 12.1 Å². The number of halogens is 6. The van der Waals surface area contributed by atoms with E-state index < -0.39 is 43.1 Å². The summed E-state index contributed by atoms with van der Waals surface area (Å²) in [6.45, 7) is 0.0838. The van der Waals surface area contributed by atoms with Crippen LogP contribution >= 0.6 is 15.9 Å². The average Bonchev–Trinajstić information content (AvgIpc) is 2.47. The largest absolute Gasteiger partial charge is 0.412 e. The molecule has 1 aromatic carbocycles. The van der Waals surface area contributed by atoms with Crippen molar-refractivity contribution < 1.29 is 26.7 Å². The van der Waals surface area contributed by atoms with Crippen molar-refractivity contribution in [3.8, 4) is 6.07 Å². The number of hydrogen-bond acceptors (Lipinski definition) is 3. The molecule has 0 aliphatic rings. The third-order valence-electron chi connectivity index (χ3n) is 3.12. The average molecular weight is 428 g/mol. The fraction of sp³-hybridized carbons (Fsp3) is 0.467. The lowest BCUT2D eigenvalue weighted by Crippen LogP contribution is -2.50. The van der Waals surface area contributed by atoms with Crippen LogP contribution in [-0.2, 0) is 4.79 Å². The second kappa shape index (κ2) is 8.58. The molecule has 138 valence electrons. The Labute approximate surface area is 149 Å². The maximum Gasteiger partial charge on any atom is 0.412 e. The van der Waals surface area contributed by atoms with Gasteiger partial charge in [-0.25, -0.2) is 8.78 Å². The van der Waals surface area contributed by atoms with Gasteiger partial charge >= 0.3 is 6.18 Å². The SMILES string of the molecule is CC(F)(F)C[C@H](NCC#N)C(=O)N[C@@H](c1ccc(Br)cc1)C(F)(F)F. The van der Waals surface area contributed by atoms with Gasteiger partial charge in [-0.1, -0.05) is 28.1 Å². The number of benzene rings is 1. The summed E-state index contributed by atoms with van der Waals surface area (Å²) in [7, 11) is 0. The molecule has 2 N–H and O–H groups in total. The van der Waals surface area contributed by atoms with Crippen LogP contribution < -0.4 is 10.6 Å². The van der Waals surface area contributed by atoms with Gasteiger partial charge in [-0.3, -0.25) is 10.1 Å². The van der Waals surface area contributed by atoms with Gasteiger partial charge in [0.15, 0.2) is 6.04 Å². The van der Waals surface area contributed by atoms with E-state index in [-0.39, 0.29) is 5.56 Å². The summed E-state index contributed by atoms with van der Waals surface area (Å²) < 4.78 is 66.7. The zero-order chi connectivity index (χ0) is 19.3. The van der Waals surface area contributed by atoms with Gasteiger partial charge in [0.05, 0.1) is 18.7 Å². The molecule has 1 amide bonds. The van der Waals surface area contributed by atoms with E-state index in [0.29, 0.717) is 11.4 Å². The summed E-state index contributed by atoms with van der Waals surface area (Å²) in [5.74, 6) is -4.56. The van der Waals surface area contributed by atoms with Gasteiger partial charge in [-0.2, -0.15) is 18.4 Å². The summed E-state index contributed by atoms with van der Waals surface area (Å²) in [5.41, 5.74) is -0.244. The zero-order valence-corrected chi connectivity index (χ0v) is 14.6. The van der Waals surface area contributed by atoms with Gasteiger partial charge in [0.1, 0.15) is 0 Å². The Morgan fingerprint density at radius 3 is 2.24 bits per heavy atom. The van der Waals surface area contributed by atoms with E-state index in [1.807, 2.05) is 0 Å². The quantitative estimate of drug-likeness (QED) is 0.515. The third kappa shape index (κ3) is 7.36. The molecule has 0 spiro atoms. The Kier molecular flexibility index (Phi) is 7.31. The molecule has 0 aromatic heterocycles. The van der Waals surface area contributed by atoms with E-state index in [2.05, 4.69) is 21.2 Å². The number of hydrogen-bond donors (Lipinski definition) is 2. The molecular formula is C15H15BrF5N3O. The smallest absolute Gasteiger partial charge is 0.339 e. The van der Waals surface area contributed by atoms with Crippen LogP contribution in [-0.4, -0.2) is 30.6 Å². The van der Waals surface area contributed by atoms with E-state index in [0.717, 1.165) is 12.1 Å². The van der Waals surface area contributed by atoms with Gasteiger partial charge < -0.3 is 5.32 Å². The summed E-state index contributed by atoms with van der Waals surface area (Å²) >= 11 is 3.09. The van der Waals surface area contributed by atoms with Crippen molar-refractivity contribution >= 4 is 21.8 Å². The molecule has 4 nitrogen and oxygen atoms in total. The minimum Gasteiger partial charge on any atom is -0.339 e. The van der Waals surface area contributed by atoms with Gasteiger partial charge in [0, 0.05) is 10.9 Å². The van der Waals surface area contributed by atoms with Crippen LogP contribution in [0, 0.1) is 11.3 Å². The predicted molar refractivity (Wildman–Crippen MR) is 83.7 cm³/mol. The number of nitriles is 1. The minimum absolute atomic E-state index is 0.244. The van der Waals surface area contributed by atoms with Crippen LogP contribution in [0.15, 0.2) is 28.7 Å². The van der Waals surface area contributed by atoms with Gasteiger partial charge in [0.2, 0.25) is 11.8 Å². The van der Waals surface area contributed by atoms with Crippen molar-refractivity contribution in [3.63, 3.8) is 0 Å². The molecule has 1 rings (SSSR count).